The molecule has 0 spiro atoms. The molecule has 0 saturated heterocycles. The van der Waals surface area contributed by atoms with E-state index in [1.807, 2.05) is 24.3 Å². The van der Waals surface area contributed by atoms with Crippen molar-refractivity contribution in [2.45, 2.75) is 24.4 Å². The van der Waals surface area contributed by atoms with E-state index < -0.39 is 17.0 Å². The number of alkyl halides is 3. The van der Waals surface area contributed by atoms with Crippen LogP contribution in [0.4, 0.5) is 18.9 Å². The van der Waals surface area contributed by atoms with E-state index in [1.54, 1.807) is 0 Å². The summed E-state index contributed by atoms with van der Waals surface area (Å²) in [6.07, 6.45) is -3.61. The van der Waals surface area contributed by atoms with Crippen LogP contribution in [0.2, 0.25) is 0 Å². The minimum absolute atomic E-state index is 0. The van der Waals surface area contributed by atoms with E-state index in [0.29, 0.717) is 5.56 Å². The highest BCUT2D eigenvalue weighted by molar-refractivity contribution is 8.00. The Bertz CT molecular complexity index is 798. The highest BCUT2D eigenvalue weighted by atomic mass is 35.5. The molecule has 3 nitrogen and oxygen atoms in total. The van der Waals surface area contributed by atoms with Crippen LogP contribution in [0.3, 0.4) is 0 Å². The summed E-state index contributed by atoms with van der Waals surface area (Å²) in [6, 6.07) is 11.1. The first-order valence-corrected chi connectivity index (χ1v) is 8.85. The Hall–Kier alpha value is -1.70. The molecule has 26 heavy (non-hydrogen) atoms. The van der Waals surface area contributed by atoms with E-state index >= 15 is 0 Å². The van der Waals surface area contributed by atoms with Crippen LogP contribution in [0.1, 0.15) is 27.5 Å². The van der Waals surface area contributed by atoms with Crippen molar-refractivity contribution in [2.24, 2.45) is 5.73 Å². The maximum absolute atomic E-state index is 13.0. The van der Waals surface area contributed by atoms with Gasteiger partial charge in [-0.05, 0) is 47.1 Å². The van der Waals surface area contributed by atoms with Crippen LogP contribution in [0.15, 0.2) is 42.5 Å². The van der Waals surface area contributed by atoms with Gasteiger partial charge in [-0.3, -0.25) is 4.79 Å². The molecule has 1 unspecified atom stereocenters. The average Bonchev–Trinajstić information content (AvgIpc) is 2.60. The number of rotatable bonds is 3. The van der Waals surface area contributed by atoms with Crippen LogP contribution in [0, 0.1) is 0 Å². The third kappa shape index (κ3) is 4.52. The van der Waals surface area contributed by atoms with Gasteiger partial charge in [0.05, 0.1) is 5.56 Å². The van der Waals surface area contributed by atoms with E-state index in [9.17, 15) is 18.0 Å². The van der Waals surface area contributed by atoms with E-state index in [2.05, 4.69) is 5.32 Å². The molecule has 8 heteroatoms. The smallest absolute Gasteiger partial charge is 0.326 e. The summed E-state index contributed by atoms with van der Waals surface area (Å²) in [7, 11) is 0. The van der Waals surface area contributed by atoms with Gasteiger partial charge >= 0.3 is 6.18 Å². The van der Waals surface area contributed by atoms with Gasteiger partial charge in [-0.15, -0.1) is 24.2 Å². The first kappa shape index (κ1) is 20.6. The summed E-state index contributed by atoms with van der Waals surface area (Å²) in [4.78, 5) is 12.6. The molecular weight excluding hydrogens is 385 g/mol. The van der Waals surface area contributed by atoms with Crippen molar-refractivity contribution in [1.82, 2.24) is 0 Å². The maximum Gasteiger partial charge on any atom is 0.416 e. The summed E-state index contributed by atoms with van der Waals surface area (Å²) in [5, 5.41) is 2.19. The van der Waals surface area contributed by atoms with E-state index in [0.717, 1.165) is 35.4 Å². The number of halogens is 4. The molecule has 1 heterocycles. The topological polar surface area (TPSA) is 55.1 Å². The van der Waals surface area contributed by atoms with Crippen LogP contribution in [-0.2, 0) is 23.9 Å². The average molecular weight is 403 g/mol. The molecule has 2 aromatic carbocycles. The van der Waals surface area contributed by atoms with Gasteiger partial charge in [0.1, 0.15) is 5.25 Å². The monoisotopic (exact) mass is 402 g/mol. The normalized spacial score (nSPS) is 16.4. The Balaban J connectivity index is 0.00000243. The molecule has 3 N–H and O–H groups in total. The first-order chi connectivity index (χ1) is 11.9. The second-order valence-electron chi connectivity index (χ2n) is 5.81. The predicted octanol–water partition coefficient (Wildman–Crippen LogP) is 4.56. The van der Waals surface area contributed by atoms with Gasteiger partial charge in [-0.2, -0.15) is 13.2 Å². The van der Waals surface area contributed by atoms with Crippen molar-refractivity contribution >= 4 is 35.8 Å². The van der Waals surface area contributed by atoms with Gasteiger partial charge in [0.25, 0.3) is 0 Å². The number of nitrogens with two attached hydrogens (primary N) is 1. The molecule has 140 valence electrons. The summed E-state index contributed by atoms with van der Waals surface area (Å²) in [5.74, 6) is 0.477. The first-order valence-electron chi connectivity index (χ1n) is 7.80. The summed E-state index contributed by atoms with van der Waals surface area (Å²) in [6.45, 7) is -0.0339. The van der Waals surface area contributed by atoms with E-state index in [1.165, 1.54) is 17.8 Å². The number of fused-ring (bicyclic) bond motifs is 1. The second-order valence-corrected chi connectivity index (χ2v) is 7.02. The van der Waals surface area contributed by atoms with Crippen LogP contribution in [0.5, 0.6) is 0 Å². The van der Waals surface area contributed by atoms with Gasteiger partial charge in [-0.25, -0.2) is 0 Å². The summed E-state index contributed by atoms with van der Waals surface area (Å²) < 4.78 is 39.0. The minimum Gasteiger partial charge on any atom is -0.326 e. The lowest BCUT2D eigenvalue weighted by molar-refractivity contribution is -0.137. The predicted molar refractivity (Wildman–Crippen MR) is 101 cm³/mol. The Kier molecular flexibility index (Phi) is 6.60. The number of hydrogen-bond donors (Lipinski definition) is 2. The number of anilines is 1. The van der Waals surface area contributed by atoms with Gasteiger partial charge in [0, 0.05) is 12.2 Å². The quantitative estimate of drug-likeness (QED) is 0.791. The summed E-state index contributed by atoms with van der Waals surface area (Å²) in [5.41, 5.74) is 7.13. The number of carbonyl (C=O) groups excluding carboxylic acids is 1. The van der Waals surface area contributed by atoms with Crippen LogP contribution in [-0.4, -0.2) is 11.7 Å². The molecule has 1 aliphatic rings. The SMILES string of the molecule is Cl.NCc1cc(NC(=O)C2SCCc3ccccc32)cc(C(F)(F)F)c1. The lowest BCUT2D eigenvalue weighted by atomic mass is 10.0. The molecule has 0 aliphatic carbocycles. The number of amides is 1. The second kappa shape index (κ2) is 8.33. The van der Waals surface area contributed by atoms with Gasteiger partial charge < -0.3 is 11.1 Å². The molecule has 0 radical (unpaired) electrons. The molecule has 1 amide bonds. The number of thioether (sulfide) groups is 1. The zero-order valence-corrected chi connectivity index (χ0v) is 15.3. The third-order valence-corrected chi connectivity index (χ3v) is 5.30. The van der Waals surface area contributed by atoms with Gasteiger partial charge in [0.2, 0.25) is 5.91 Å². The Labute approximate surface area is 159 Å². The minimum atomic E-state index is -4.49. The number of benzene rings is 2. The fraction of sp³-hybridized carbons (Fsp3) is 0.278. The maximum atomic E-state index is 13.0. The standard InChI is InChI=1S/C18H17F3N2OS.ClH/c19-18(20,21)13-7-11(10-22)8-14(9-13)23-17(24)16-15-4-2-1-3-12(15)5-6-25-16;/h1-4,7-9,16H,5-6,10,22H2,(H,23,24);1H. The fourth-order valence-electron chi connectivity index (χ4n) is 2.86. The largest absolute Gasteiger partial charge is 0.416 e. The molecule has 0 fully saturated rings. The lowest BCUT2D eigenvalue weighted by Crippen LogP contribution is -2.23. The number of hydrogen-bond acceptors (Lipinski definition) is 3. The molecular formula is C18H18ClF3N2OS. The Morgan fingerprint density at radius 2 is 1.96 bits per heavy atom. The molecule has 0 aromatic heterocycles. The van der Waals surface area contributed by atoms with E-state index in [-0.39, 0.29) is 30.5 Å². The van der Waals surface area contributed by atoms with Crippen molar-refractivity contribution < 1.29 is 18.0 Å². The Morgan fingerprint density at radius 1 is 1.23 bits per heavy atom. The summed E-state index contributed by atoms with van der Waals surface area (Å²) >= 11 is 1.49. The zero-order valence-electron chi connectivity index (χ0n) is 13.7. The molecule has 0 saturated carbocycles. The van der Waals surface area contributed by atoms with Crippen molar-refractivity contribution in [3.05, 3.63) is 64.7 Å². The van der Waals surface area contributed by atoms with Crippen molar-refractivity contribution in [3.63, 3.8) is 0 Å². The van der Waals surface area contributed by atoms with E-state index in [4.69, 9.17) is 5.73 Å². The number of carbonyl (C=O) groups is 1. The molecule has 0 bridgehead atoms. The molecule has 1 aliphatic heterocycles. The number of nitrogens with one attached hydrogen (secondary N) is 1. The van der Waals surface area contributed by atoms with Crippen molar-refractivity contribution in [2.75, 3.05) is 11.1 Å². The van der Waals surface area contributed by atoms with Crippen molar-refractivity contribution in [3.8, 4) is 0 Å². The lowest BCUT2D eigenvalue weighted by Gasteiger charge is -2.24. The highest BCUT2D eigenvalue weighted by Crippen LogP contribution is 2.38. The molecule has 1 atom stereocenters. The number of aryl methyl sites for hydroxylation is 1. The van der Waals surface area contributed by atoms with Gasteiger partial charge in [0.15, 0.2) is 0 Å². The molecule has 3 rings (SSSR count). The van der Waals surface area contributed by atoms with Gasteiger partial charge in [-0.1, -0.05) is 24.3 Å². The third-order valence-electron chi connectivity index (χ3n) is 4.05. The van der Waals surface area contributed by atoms with Crippen LogP contribution < -0.4 is 11.1 Å². The molecule has 2 aromatic rings. The Morgan fingerprint density at radius 3 is 2.65 bits per heavy atom. The van der Waals surface area contributed by atoms with Crippen LogP contribution >= 0.6 is 24.2 Å². The fourth-order valence-corrected chi connectivity index (χ4v) is 4.06. The zero-order chi connectivity index (χ0) is 18.0. The van der Waals surface area contributed by atoms with Crippen molar-refractivity contribution in [1.29, 1.82) is 0 Å². The van der Waals surface area contributed by atoms with Crippen LogP contribution in [0.25, 0.3) is 0 Å². The highest BCUT2D eigenvalue weighted by Gasteiger charge is 2.32.